The van der Waals surface area contributed by atoms with Gasteiger partial charge in [-0.15, -0.1) is 24.0 Å². The van der Waals surface area contributed by atoms with Gasteiger partial charge in [0.15, 0.2) is 5.96 Å². The number of nitrogens with one attached hydrogen (secondary N) is 2. The molecule has 31 heavy (non-hydrogen) atoms. The normalized spacial score (nSPS) is 12.1. The second-order valence-corrected chi connectivity index (χ2v) is 8.06. The van der Waals surface area contributed by atoms with Gasteiger partial charge < -0.3 is 15.5 Å². The summed E-state index contributed by atoms with van der Waals surface area (Å²) >= 11 is 0. The highest BCUT2D eigenvalue weighted by molar-refractivity contribution is 14.0. The summed E-state index contributed by atoms with van der Waals surface area (Å²) in [5.41, 5.74) is 3.19. The van der Waals surface area contributed by atoms with Crippen LogP contribution in [0.1, 0.15) is 48.2 Å². The minimum absolute atomic E-state index is 0. The van der Waals surface area contributed by atoms with Gasteiger partial charge in [0.25, 0.3) is 5.91 Å². The molecule has 6 heteroatoms. The Labute approximate surface area is 204 Å². The summed E-state index contributed by atoms with van der Waals surface area (Å²) in [6, 6.07) is 18.4. The van der Waals surface area contributed by atoms with Crippen molar-refractivity contribution in [3.63, 3.8) is 0 Å². The molecule has 0 saturated carbocycles. The summed E-state index contributed by atoms with van der Waals surface area (Å²) in [5, 5.41) is 6.77. The number of hydrogen-bond acceptors (Lipinski definition) is 2. The molecular formula is C25H37IN4O. The van der Waals surface area contributed by atoms with Crippen LogP contribution in [-0.4, -0.2) is 50.5 Å². The Morgan fingerprint density at radius 3 is 2.35 bits per heavy atom. The van der Waals surface area contributed by atoms with Crippen molar-refractivity contribution < 1.29 is 4.79 Å². The molecule has 2 aromatic carbocycles. The van der Waals surface area contributed by atoms with E-state index in [2.05, 4.69) is 67.8 Å². The average molecular weight is 537 g/mol. The zero-order valence-electron chi connectivity index (χ0n) is 19.4. The van der Waals surface area contributed by atoms with Gasteiger partial charge in [0.05, 0.1) is 0 Å². The van der Waals surface area contributed by atoms with E-state index in [-0.39, 0.29) is 29.9 Å². The Bertz CT molecular complexity index is 821. The molecule has 0 fully saturated rings. The Balaban J connectivity index is 0.00000480. The van der Waals surface area contributed by atoms with Crippen LogP contribution in [0.2, 0.25) is 0 Å². The van der Waals surface area contributed by atoms with E-state index in [9.17, 15) is 4.79 Å². The summed E-state index contributed by atoms with van der Waals surface area (Å²) in [4.78, 5) is 18.6. The molecule has 2 N–H and O–H groups in total. The molecule has 0 bridgehead atoms. The first kappa shape index (κ1) is 26.9. The van der Waals surface area contributed by atoms with Gasteiger partial charge in [-0.3, -0.25) is 9.79 Å². The SMILES string of the molecule is CCNC(=NCC(c1ccccc1)C(C)C)NCCc1cccc(C(=O)N(C)C)c1.I. The first-order valence-electron chi connectivity index (χ1n) is 10.8. The maximum Gasteiger partial charge on any atom is 0.253 e. The van der Waals surface area contributed by atoms with Gasteiger partial charge in [-0.2, -0.15) is 0 Å². The van der Waals surface area contributed by atoms with E-state index in [0.29, 0.717) is 11.8 Å². The maximum atomic E-state index is 12.2. The number of benzene rings is 2. The second kappa shape index (κ2) is 14.1. The Kier molecular flexibility index (Phi) is 12.2. The molecule has 0 radical (unpaired) electrons. The maximum absolute atomic E-state index is 12.2. The van der Waals surface area contributed by atoms with Crippen LogP contribution in [0.4, 0.5) is 0 Å². The van der Waals surface area contributed by atoms with Crippen LogP contribution in [0.5, 0.6) is 0 Å². The van der Waals surface area contributed by atoms with Gasteiger partial charge >= 0.3 is 0 Å². The van der Waals surface area contributed by atoms with Crippen molar-refractivity contribution in [2.24, 2.45) is 10.9 Å². The number of carbonyl (C=O) groups excluding carboxylic acids is 1. The summed E-state index contributed by atoms with van der Waals surface area (Å²) in [6.07, 6.45) is 0.825. The van der Waals surface area contributed by atoms with Crippen molar-refractivity contribution in [1.82, 2.24) is 15.5 Å². The monoisotopic (exact) mass is 536 g/mol. The largest absolute Gasteiger partial charge is 0.357 e. The summed E-state index contributed by atoms with van der Waals surface area (Å²) < 4.78 is 0. The number of halogens is 1. The minimum Gasteiger partial charge on any atom is -0.357 e. The smallest absolute Gasteiger partial charge is 0.253 e. The molecule has 2 aromatic rings. The second-order valence-electron chi connectivity index (χ2n) is 8.06. The van der Waals surface area contributed by atoms with E-state index in [4.69, 9.17) is 4.99 Å². The van der Waals surface area contributed by atoms with Crippen molar-refractivity contribution in [3.05, 3.63) is 71.3 Å². The molecule has 0 heterocycles. The number of hydrogen-bond donors (Lipinski definition) is 2. The van der Waals surface area contributed by atoms with E-state index in [1.807, 2.05) is 18.2 Å². The Morgan fingerprint density at radius 2 is 1.74 bits per heavy atom. The lowest BCUT2D eigenvalue weighted by Gasteiger charge is -2.20. The van der Waals surface area contributed by atoms with Gasteiger partial charge in [0.1, 0.15) is 0 Å². The topological polar surface area (TPSA) is 56.7 Å². The van der Waals surface area contributed by atoms with E-state index in [1.165, 1.54) is 5.56 Å². The molecule has 0 aliphatic heterocycles. The highest BCUT2D eigenvalue weighted by Gasteiger charge is 2.15. The lowest BCUT2D eigenvalue weighted by molar-refractivity contribution is 0.0827. The number of carbonyl (C=O) groups is 1. The summed E-state index contributed by atoms with van der Waals surface area (Å²) in [7, 11) is 3.55. The molecule has 1 atom stereocenters. The molecule has 0 aromatic heterocycles. The fourth-order valence-corrected chi connectivity index (χ4v) is 3.38. The lowest BCUT2D eigenvalue weighted by atomic mass is 9.88. The van der Waals surface area contributed by atoms with Crippen LogP contribution < -0.4 is 10.6 Å². The van der Waals surface area contributed by atoms with Crippen LogP contribution >= 0.6 is 24.0 Å². The van der Waals surface area contributed by atoms with Gasteiger partial charge in [-0.05, 0) is 42.5 Å². The number of amides is 1. The van der Waals surface area contributed by atoms with E-state index >= 15 is 0 Å². The molecule has 2 rings (SSSR count). The molecule has 0 spiro atoms. The third kappa shape index (κ3) is 8.89. The predicted octanol–water partition coefficient (Wildman–Crippen LogP) is 4.54. The molecule has 0 aliphatic carbocycles. The highest BCUT2D eigenvalue weighted by Crippen LogP contribution is 2.24. The van der Waals surface area contributed by atoms with Crippen molar-refractivity contribution >= 4 is 35.8 Å². The first-order valence-corrected chi connectivity index (χ1v) is 10.8. The number of nitrogens with zero attached hydrogens (tertiary/aromatic N) is 2. The van der Waals surface area contributed by atoms with E-state index in [0.717, 1.165) is 43.1 Å². The summed E-state index contributed by atoms with van der Waals surface area (Å²) in [5.74, 6) is 1.76. The van der Waals surface area contributed by atoms with Gasteiger partial charge in [0.2, 0.25) is 0 Å². The Hall–Kier alpha value is -2.09. The van der Waals surface area contributed by atoms with Crippen molar-refractivity contribution in [2.45, 2.75) is 33.1 Å². The third-order valence-electron chi connectivity index (χ3n) is 5.11. The van der Waals surface area contributed by atoms with Crippen LogP contribution in [0.3, 0.4) is 0 Å². The molecular weight excluding hydrogens is 499 g/mol. The zero-order valence-corrected chi connectivity index (χ0v) is 21.7. The molecule has 1 amide bonds. The molecule has 0 saturated heterocycles. The minimum atomic E-state index is 0. The molecule has 0 aliphatic rings. The average Bonchev–Trinajstić information content (AvgIpc) is 2.74. The van der Waals surface area contributed by atoms with Crippen LogP contribution in [0.15, 0.2) is 59.6 Å². The highest BCUT2D eigenvalue weighted by atomic mass is 127. The standard InChI is InChI=1S/C25H36N4O.HI/c1-6-26-25(28-18-23(19(2)3)21-12-8-7-9-13-21)27-16-15-20-11-10-14-22(17-20)24(30)29(4)5;/h7-14,17,19,23H,6,15-16,18H2,1-5H3,(H2,26,27,28);1H. The van der Waals surface area contributed by atoms with Crippen molar-refractivity contribution in [2.75, 3.05) is 33.7 Å². The Morgan fingerprint density at radius 1 is 1.03 bits per heavy atom. The molecule has 170 valence electrons. The van der Waals surface area contributed by atoms with Crippen molar-refractivity contribution in [1.29, 1.82) is 0 Å². The number of aliphatic imine (C=N–C) groups is 1. The van der Waals surface area contributed by atoms with Crippen LogP contribution in [-0.2, 0) is 6.42 Å². The summed E-state index contributed by atoms with van der Waals surface area (Å²) in [6.45, 7) is 8.87. The lowest BCUT2D eigenvalue weighted by Crippen LogP contribution is -2.38. The fourth-order valence-electron chi connectivity index (χ4n) is 3.38. The molecule has 1 unspecified atom stereocenters. The van der Waals surface area contributed by atoms with Crippen LogP contribution in [0.25, 0.3) is 0 Å². The number of guanidine groups is 1. The van der Waals surface area contributed by atoms with Crippen LogP contribution in [0, 0.1) is 5.92 Å². The van der Waals surface area contributed by atoms with Gasteiger partial charge in [-0.1, -0.05) is 56.3 Å². The quantitative estimate of drug-likeness (QED) is 0.281. The molecule has 5 nitrogen and oxygen atoms in total. The first-order chi connectivity index (χ1) is 14.4. The van der Waals surface area contributed by atoms with Gasteiger partial charge in [-0.25, -0.2) is 0 Å². The van der Waals surface area contributed by atoms with E-state index < -0.39 is 0 Å². The van der Waals surface area contributed by atoms with Crippen molar-refractivity contribution in [3.8, 4) is 0 Å². The predicted molar refractivity (Wildman–Crippen MR) is 142 cm³/mol. The third-order valence-corrected chi connectivity index (χ3v) is 5.11. The number of rotatable bonds is 9. The zero-order chi connectivity index (χ0) is 21.9. The fraction of sp³-hybridized carbons (Fsp3) is 0.440. The van der Waals surface area contributed by atoms with Gasteiger partial charge in [0, 0.05) is 45.2 Å². The van der Waals surface area contributed by atoms with E-state index in [1.54, 1.807) is 19.0 Å².